The molecule has 1 N–H and O–H groups in total. The van der Waals surface area contributed by atoms with Crippen molar-refractivity contribution in [3.63, 3.8) is 0 Å². The van der Waals surface area contributed by atoms with E-state index in [9.17, 15) is 19.7 Å². The monoisotopic (exact) mass is 480 g/mol. The van der Waals surface area contributed by atoms with Gasteiger partial charge in [0.1, 0.15) is 5.82 Å². The molecule has 0 radical (unpaired) electrons. The molecule has 2 aliphatic heterocycles. The number of methoxy groups -OCH3 is 2. The maximum Gasteiger partial charge on any atom is 0.221 e. The Labute approximate surface area is 208 Å². The van der Waals surface area contributed by atoms with Crippen LogP contribution in [0.5, 0.6) is 11.5 Å². The number of nitriles is 2. The number of ether oxygens (including phenoxy) is 2. The zero-order chi connectivity index (χ0) is 25.4. The van der Waals surface area contributed by atoms with E-state index >= 15 is 0 Å². The molecule has 5 rings (SSSR count). The van der Waals surface area contributed by atoms with Crippen LogP contribution in [-0.2, 0) is 0 Å². The number of fused-ring (bicyclic) bond motifs is 3. The van der Waals surface area contributed by atoms with Gasteiger partial charge in [0.2, 0.25) is 11.2 Å². The van der Waals surface area contributed by atoms with Crippen molar-refractivity contribution in [1.82, 2.24) is 0 Å². The number of hydrogen-bond acceptors (Lipinski definition) is 5. The molecule has 0 aromatic heterocycles. The molecule has 3 aromatic carbocycles. The SMILES string of the molecule is COc1ccc(C(=O)[C@H]2[C@H](c3ccc(F)cc3)C(C#N)(C#N)[C@@H]3c4ccccc4C=C[NH+]32)cc1OC. The summed E-state index contributed by atoms with van der Waals surface area (Å²) in [5, 5.41) is 21.1. The number of nitrogens with one attached hydrogen (secondary N) is 1. The van der Waals surface area contributed by atoms with Crippen LogP contribution in [0.1, 0.15) is 39.0 Å². The summed E-state index contributed by atoms with van der Waals surface area (Å²) in [6.07, 6.45) is 3.78. The van der Waals surface area contributed by atoms with E-state index in [1.54, 1.807) is 30.3 Å². The van der Waals surface area contributed by atoms with Gasteiger partial charge in [0.15, 0.2) is 23.6 Å². The van der Waals surface area contributed by atoms with E-state index < -0.39 is 29.2 Å². The minimum Gasteiger partial charge on any atom is -0.493 e. The fourth-order valence-electron chi connectivity index (χ4n) is 5.70. The zero-order valence-electron chi connectivity index (χ0n) is 19.7. The Kier molecular flexibility index (Phi) is 5.80. The molecule has 6 nitrogen and oxygen atoms in total. The van der Waals surface area contributed by atoms with Crippen LogP contribution in [0.2, 0.25) is 0 Å². The molecule has 1 fully saturated rings. The van der Waals surface area contributed by atoms with E-state index in [1.807, 2.05) is 36.5 Å². The topological polar surface area (TPSA) is 87.5 Å². The van der Waals surface area contributed by atoms with E-state index in [1.165, 1.54) is 26.4 Å². The summed E-state index contributed by atoms with van der Waals surface area (Å²) in [5.41, 5.74) is 1.08. The predicted molar refractivity (Wildman–Crippen MR) is 130 cm³/mol. The lowest BCUT2D eigenvalue weighted by atomic mass is 9.67. The van der Waals surface area contributed by atoms with Gasteiger partial charge >= 0.3 is 0 Å². The van der Waals surface area contributed by atoms with Crippen LogP contribution in [-0.4, -0.2) is 26.0 Å². The van der Waals surface area contributed by atoms with Gasteiger partial charge in [0.25, 0.3) is 0 Å². The molecule has 36 heavy (non-hydrogen) atoms. The van der Waals surface area contributed by atoms with Crippen molar-refractivity contribution in [2.45, 2.75) is 18.0 Å². The Hall–Kier alpha value is -4.46. The Morgan fingerprint density at radius 1 is 0.972 bits per heavy atom. The molecule has 0 aliphatic carbocycles. The number of carbonyl (C=O) groups is 1. The number of ketones is 1. The largest absolute Gasteiger partial charge is 0.493 e. The minimum absolute atomic E-state index is 0.248. The van der Waals surface area contributed by atoms with Crippen LogP contribution in [0.15, 0.2) is 72.9 Å². The van der Waals surface area contributed by atoms with Gasteiger partial charge in [-0.2, -0.15) is 10.5 Å². The fraction of sp³-hybridized carbons (Fsp3) is 0.207. The average molecular weight is 481 g/mol. The van der Waals surface area contributed by atoms with Gasteiger partial charge in [0, 0.05) is 11.1 Å². The van der Waals surface area contributed by atoms with Crippen molar-refractivity contribution in [2.75, 3.05) is 14.2 Å². The average Bonchev–Trinajstić information content (AvgIpc) is 3.23. The summed E-state index contributed by atoms with van der Waals surface area (Å²) in [7, 11) is 3.00. The molecule has 2 aliphatic rings. The Bertz CT molecular complexity index is 1440. The summed E-state index contributed by atoms with van der Waals surface area (Å²) in [6.45, 7) is 0. The minimum atomic E-state index is -1.58. The summed E-state index contributed by atoms with van der Waals surface area (Å²) >= 11 is 0. The molecule has 178 valence electrons. The van der Waals surface area contributed by atoms with Crippen LogP contribution in [0.4, 0.5) is 4.39 Å². The highest BCUT2D eigenvalue weighted by atomic mass is 19.1. The van der Waals surface area contributed by atoms with Crippen molar-refractivity contribution in [1.29, 1.82) is 10.5 Å². The first-order valence-electron chi connectivity index (χ1n) is 11.5. The number of Topliss-reactive ketones (excluding diaryl/α,β-unsaturated/α-hetero) is 1. The molecule has 1 unspecified atom stereocenters. The molecular formula is C29H23FN3O3+. The predicted octanol–water partition coefficient (Wildman–Crippen LogP) is 3.84. The summed E-state index contributed by atoms with van der Waals surface area (Å²) in [5.74, 6) is -0.617. The first kappa shape index (κ1) is 23.3. The second kappa shape index (κ2) is 8.96. The van der Waals surface area contributed by atoms with Crippen molar-refractivity contribution >= 4 is 11.9 Å². The second-order valence-electron chi connectivity index (χ2n) is 8.93. The molecule has 2 heterocycles. The highest BCUT2D eigenvalue weighted by Gasteiger charge is 2.68. The van der Waals surface area contributed by atoms with Gasteiger partial charge in [-0.15, -0.1) is 0 Å². The number of quaternary nitrogens is 1. The standard InChI is InChI=1S/C29H22FN3O3/c1-35-23-12-9-20(15-24(23)36-2)27(34)26-25(19-7-10-21(30)11-8-19)29(16-31,17-32)28-22-6-4-3-5-18(22)13-14-33(26)28/h3-15,25-26,28H,1-2H3/p+1/t25-,26+,28-/m0/s1. The van der Waals surface area contributed by atoms with Crippen LogP contribution in [0.3, 0.4) is 0 Å². The Morgan fingerprint density at radius 3 is 2.33 bits per heavy atom. The van der Waals surface area contributed by atoms with Crippen molar-refractivity contribution in [2.24, 2.45) is 5.41 Å². The van der Waals surface area contributed by atoms with Crippen LogP contribution >= 0.6 is 0 Å². The third kappa shape index (κ3) is 3.37. The Morgan fingerprint density at radius 2 is 1.67 bits per heavy atom. The van der Waals surface area contributed by atoms with E-state index in [0.717, 1.165) is 11.1 Å². The molecule has 1 saturated heterocycles. The second-order valence-corrected chi connectivity index (χ2v) is 8.93. The van der Waals surface area contributed by atoms with Crippen LogP contribution in [0, 0.1) is 33.9 Å². The van der Waals surface area contributed by atoms with Gasteiger partial charge in [-0.3, -0.25) is 9.69 Å². The number of halogens is 1. The van der Waals surface area contributed by atoms with E-state index in [4.69, 9.17) is 9.47 Å². The highest BCUT2D eigenvalue weighted by molar-refractivity contribution is 6.01. The summed E-state index contributed by atoms with van der Waals surface area (Å²) in [6, 6.07) is 21.4. The van der Waals surface area contributed by atoms with E-state index in [0.29, 0.717) is 27.5 Å². The van der Waals surface area contributed by atoms with Gasteiger partial charge in [-0.25, -0.2) is 4.39 Å². The van der Waals surface area contributed by atoms with Crippen LogP contribution < -0.4 is 14.4 Å². The van der Waals surface area contributed by atoms with Crippen molar-refractivity contribution in [3.8, 4) is 23.6 Å². The molecule has 0 saturated carbocycles. The molecular weight excluding hydrogens is 457 g/mol. The first-order chi connectivity index (χ1) is 17.5. The molecule has 7 heteroatoms. The lowest BCUT2D eigenvalue weighted by molar-refractivity contribution is -0.885. The van der Waals surface area contributed by atoms with Gasteiger partial charge in [-0.1, -0.05) is 36.4 Å². The summed E-state index contributed by atoms with van der Waals surface area (Å²) in [4.78, 5) is 14.9. The fourth-order valence-corrected chi connectivity index (χ4v) is 5.70. The molecule has 0 bridgehead atoms. The summed E-state index contributed by atoms with van der Waals surface area (Å²) < 4.78 is 24.6. The first-order valence-corrected chi connectivity index (χ1v) is 11.5. The van der Waals surface area contributed by atoms with Crippen LogP contribution in [0.25, 0.3) is 6.08 Å². The van der Waals surface area contributed by atoms with Gasteiger partial charge in [0.05, 0.1) is 38.5 Å². The number of hydrogen-bond donors (Lipinski definition) is 1. The van der Waals surface area contributed by atoms with E-state index in [-0.39, 0.29) is 5.78 Å². The lowest BCUT2D eigenvalue weighted by Crippen LogP contribution is -3.11. The molecule has 0 amide bonds. The third-order valence-electron chi connectivity index (χ3n) is 7.28. The maximum atomic E-state index is 14.2. The van der Waals surface area contributed by atoms with Gasteiger partial charge in [-0.05, 0) is 47.5 Å². The normalized spacial score (nSPS) is 23.0. The maximum absolute atomic E-state index is 14.2. The molecule has 3 aromatic rings. The number of benzene rings is 3. The Balaban J connectivity index is 1.74. The van der Waals surface area contributed by atoms with E-state index in [2.05, 4.69) is 12.1 Å². The number of carbonyl (C=O) groups excluding carboxylic acids is 1. The zero-order valence-corrected chi connectivity index (χ0v) is 19.7. The quantitative estimate of drug-likeness (QED) is 0.561. The van der Waals surface area contributed by atoms with Gasteiger partial charge < -0.3 is 9.47 Å². The van der Waals surface area contributed by atoms with Crippen molar-refractivity contribution in [3.05, 3.63) is 101 Å². The number of rotatable bonds is 5. The van der Waals surface area contributed by atoms with Crippen molar-refractivity contribution < 1.29 is 23.6 Å². The molecule has 4 atom stereocenters. The number of nitrogens with zero attached hydrogens (tertiary/aromatic N) is 2. The molecule has 0 spiro atoms. The highest BCUT2D eigenvalue weighted by Crippen LogP contribution is 2.52. The lowest BCUT2D eigenvalue weighted by Gasteiger charge is -2.29. The third-order valence-corrected chi connectivity index (χ3v) is 7.28. The smallest absolute Gasteiger partial charge is 0.221 e.